The van der Waals surface area contributed by atoms with Gasteiger partial charge >= 0.3 is 0 Å². The molecule has 0 unspecified atom stereocenters. The van der Waals surface area contributed by atoms with Crippen LogP contribution < -0.4 is 10.6 Å². The molecular weight excluding hydrogens is 256 g/mol. The smallest absolute Gasteiger partial charge is 0.0292 e. The summed E-state index contributed by atoms with van der Waals surface area (Å²) in [5.74, 6) is 0. The lowest BCUT2D eigenvalue weighted by Crippen LogP contribution is -2.30. The van der Waals surface area contributed by atoms with Gasteiger partial charge in [-0.3, -0.25) is 0 Å². The highest BCUT2D eigenvalue weighted by Gasteiger charge is 2.02. The maximum atomic E-state index is 3.55. The van der Waals surface area contributed by atoms with Gasteiger partial charge in [0, 0.05) is 19.1 Å². The first-order chi connectivity index (χ1) is 10.3. The van der Waals surface area contributed by atoms with Gasteiger partial charge in [-0.05, 0) is 43.5 Å². The highest BCUT2D eigenvalue weighted by molar-refractivity contribution is 5.25. The van der Waals surface area contributed by atoms with Crippen LogP contribution in [0.4, 0.5) is 0 Å². The van der Waals surface area contributed by atoms with Crippen LogP contribution in [0.5, 0.6) is 0 Å². The Bertz CT molecular complexity index is 522. The normalized spacial score (nSPS) is 12.3. The van der Waals surface area contributed by atoms with Gasteiger partial charge in [-0.1, -0.05) is 54.6 Å². The summed E-state index contributed by atoms with van der Waals surface area (Å²) in [7, 11) is 0. The van der Waals surface area contributed by atoms with E-state index in [4.69, 9.17) is 0 Å². The van der Waals surface area contributed by atoms with Crippen molar-refractivity contribution in [2.24, 2.45) is 0 Å². The Kier molecular flexibility index (Phi) is 6.45. The van der Waals surface area contributed by atoms with E-state index in [1.54, 1.807) is 0 Å². The summed E-state index contributed by atoms with van der Waals surface area (Å²) in [6.07, 6.45) is 1.10. The molecule has 0 saturated heterocycles. The third-order valence-electron chi connectivity index (χ3n) is 3.88. The van der Waals surface area contributed by atoms with E-state index in [0.29, 0.717) is 6.04 Å². The first-order valence-corrected chi connectivity index (χ1v) is 7.81. The zero-order chi connectivity index (χ0) is 14.9. The molecule has 112 valence electrons. The third-order valence-corrected chi connectivity index (χ3v) is 3.88. The van der Waals surface area contributed by atoms with Gasteiger partial charge in [-0.25, -0.2) is 0 Å². The van der Waals surface area contributed by atoms with Gasteiger partial charge in [0.25, 0.3) is 0 Å². The Labute approximate surface area is 128 Å². The minimum absolute atomic E-state index is 0.407. The van der Waals surface area contributed by atoms with E-state index in [0.717, 1.165) is 26.1 Å². The van der Waals surface area contributed by atoms with Crippen LogP contribution in [-0.4, -0.2) is 19.6 Å². The molecule has 0 aromatic heterocycles. The predicted octanol–water partition coefficient (Wildman–Crippen LogP) is 3.48. The van der Waals surface area contributed by atoms with E-state index in [9.17, 15) is 0 Å². The summed E-state index contributed by atoms with van der Waals surface area (Å²) >= 11 is 0. The predicted molar refractivity (Wildman–Crippen MR) is 90.6 cm³/mol. The van der Waals surface area contributed by atoms with Gasteiger partial charge in [-0.15, -0.1) is 0 Å². The van der Waals surface area contributed by atoms with Crippen molar-refractivity contribution in [3.63, 3.8) is 0 Å². The van der Waals surface area contributed by atoms with Crippen LogP contribution in [0, 0.1) is 6.92 Å². The highest BCUT2D eigenvalue weighted by atomic mass is 15.0. The maximum absolute atomic E-state index is 3.55. The van der Waals surface area contributed by atoms with Crippen molar-refractivity contribution >= 4 is 0 Å². The Morgan fingerprint density at radius 3 is 2.33 bits per heavy atom. The largest absolute Gasteiger partial charge is 0.315 e. The second-order valence-electron chi connectivity index (χ2n) is 5.51. The summed E-state index contributed by atoms with van der Waals surface area (Å²) in [6.45, 7) is 7.42. The van der Waals surface area contributed by atoms with Crippen molar-refractivity contribution in [1.82, 2.24) is 10.6 Å². The van der Waals surface area contributed by atoms with Crippen LogP contribution in [-0.2, 0) is 6.42 Å². The number of hydrogen-bond acceptors (Lipinski definition) is 2. The average Bonchev–Trinajstić information content (AvgIpc) is 2.53. The maximum Gasteiger partial charge on any atom is 0.0292 e. The fourth-order valence-corrected chi connectivity index (χ4v) is 2.48. The minimum Gasteiger partial charge on any atom is -0.315 e. The molecule has 2 aromatic rings. The quantitative estimate of drug-likeness (QED) is 0.724. The Hall–Kier alpha value is -1.64. The van der Waals surface area contributed by atoms with Crippen molar-refractivity contribution in [1.29, 1.82) is 0 Å². The molecule has 2 rings (SSSR count). The molecular formula is C19H26N2. The van der Waals surface area contributed by atoms with E-state index in [1.807, 2.05) is 0 Å². The summed E-state index contributed by atoms with van der Waals surface area (Å²) in [4.78, 5) is 0. The van der Waals surface area contributed by atoms with Crippen molar-refractivity contribution in [2.45, 2.75) is 26.3 Å². The average molecular weight is 282 g/mol. The summed E-state index contributed by atoms with van der Waals surface area (Å²) in [5, 5.41) is 7.05. The van der Waals surface area contributed by atoms with Gasteiger partial charge < -0.3 is 10.6 Å². The minimum atomic E-state index is 0.407. The molecule has 0 bridgehead atoms. The molecule has 0 amide bonds. The van der Waals surface area contributed by atoms with Crippen LogP contribution in [0.2, 0.25) is 0 Å². The zero-order valence-corrected chi connectivity index (χ0v) is 13.1. The molecule has 0 aliphatic carbocycles. The van der Waals surface area contributed by atoms with E-state index in [-0.39, 0.29) is 0 Å². The van der Waals surface area contributed by atoms with Crippen LogP contribution in [0.25, 0.3) is 0 Å². The molecule has 0 heterocycles. The fourth-order valence-electron chi connectivity index (χ4n) is 2.48. The Morgan fingerprint density at radius 1 is 0.857 bits per heavy atom. The molecule has 2 N–H and O–H groups in total. The molecule has 0 spiro atoms. The Balaban J connectivity index is 1.59. The van der Waals surface area contributed by atoms with Crippen LogP contribution >= 0.6 is 0 Å². The fraction of sp³-hybridized carbons (Fsp3) is 0.368. The van der Waals surface area contributed by atoms with Gasteiger partial charge in [0.2, 0.25) is 0 Å². The van der Waals surface area contributed by atoms with Gasteiger partial charge in [-0.2, -0.15) is 0 Å². The highest BCUT2D eigenvalue weighted by Crippen LogP contribution is 2.10. The van der Waals surface area contributed by atoms with Crippen LogP contribution in [0.1, 0.15) is 29.7 Å². The third kappa shape index (κ3) is 5.33. The number of hydrogen-bond donors (Lipinski definition) is 2. The second-order valence-corrected chi connectivity index (χ2v) is 5.51. The molecule has 2 heteroatoms. The zero-order valence-electron chi connectivity index (χ0n) is 13.1. The summed E-state index contributed by atoms with van der Waals surface area (Å²) in [5.41, 5.74) is 4.17. The standard InChI is InChI=1S/C19H26N2/c1-16-8-6-7-9-18(16)12-13-20-14-15-21-17(2)19-10-4-3-5-11-19/h3-11,17,20-21H,12-15H2,1-2H3/t17-/m0/s1. The molecule has 1 atom stereocenters. The van der Waals surface area contributed by atoms with Crippen molar-refractivity contribution in [2.75, 3.05) is 19.6 Å². The second kappa shape index (κ2) is 8.60. The van der Waals surface area contributed by atoms with E-state index in [1.165, 1.54) is 16.7 Å². The lowest BCUT2D eigenvalue weighted by Gasteiger charge is -2.14. The topological polar surface area (TPSA) is 24.1 Å². The SMILES string of the molecule is Cc1ccccc1CCNCCN[C@@H](C)c1ccccc1. The van der Waals surface area contributed by atoms with Crippen LogP contribution in [0.15, 0.2) is 54.6 Å². The van der Waals surface area contributed by atoms with Crippen molar-refractivity contribution in [3.05, 3.63) is 71.3 Å². The molecule has 0 aliphatic rings. The summed E-state index contributed by atoms with van der Waals surface area (Å²) < 4.78 is 0. The van der Waals surface area contributed by atoms with Gasteiger partial charge in [0.1, 0.15) is 0 Å². The van der Waals surface area contributed by atoms with E-state index < -0.39 is 0 Å². The first kappa shape index (κ1) is 15.7. The molecule has 21 heavy (non-hydrogen) atoms. The monoisotopic (exact) mass is 282 g/mol. The molecule has 2 nitrogen and oxygen atoms in total. The molecule has 0 aliphatic heterocycles. The number of benzene rings is 2. The Morgan fingerprint density at radius 2 is 1.57 bits per heavy atom. The summed E-state index contributed by atoms with van der Waals surface area (Å²) in [6, 6.07) is 19.6. The van der Waals surface area contributed by atoms with Gasteiger partial charge in [0.15, 0.2) is 0 Å². The molecule has 0 saturated carbocycles. The number of nitrogens with one attached hydrogen (secondary N) is 2. The van der Waals surface area contributed by atoms with Crippen LogP contribution in [0.3, 0.4) is 0 Å². The first-order valence-electron chi connectivity index (χ1n) is 7.81. The molecule has 0 radical (unpaired) electrons. The molecule has 0 fully saturated rings. The lowest BCUT2D eigenvalue weighted by molar-refractivity contribution is 0.546. The lowest BCUT2D eigenvalue weighted by atomic mass is 10.1. The van der Waals surface area contributed by atoms with Crippen molar-refractivity contribution < 1.29 is 0 Å². The van der Waals surface area contributed by atoms with Crippen molar-refractivity contribution in [3.8, 4) is 0 Å². The number of aryl methyl sites for hydroxylation is 1. The molecule has 2 aromatic carbocycles. The number of rotatable bonds is 8. The van der Waals surface area contributed by atoms with E-state index in [2.05, 4.69) is 79.1 Å². The van der Waals surface area contributed by atoms with Gasteiger partial charge in [0.05, 0.1) is 0 Å². The van der Waals surface area contributed by atoms with E-state index >= 15 is 0 Å².